The molecule has 0 radical (unpaired) electrons. The van der Waals surface area contributed by atoms with Crippen molar-refractivity contribution in [2.75, 3.05) is 0 Å². The third kappa shape index (κ3) is 2.96. The van der Waals surface area contributed by atoms with Crippen molar-refractivity contribution in [2.45, 2.75) is 0 Å². The van der Waals surface area contributed by atoms with Crippen LogP contribution in [0.25, 0.3) is 0 Å². The molecule has 2 rings (SSSR count). The normalized spacial score (nSPS) is 10.1. The van der Waals surface area contributed by atoms with Crippen molar-refractivity contribution in [3.8, 4) is 11.6 Å². The summed E-state index contributed by atoms with van der Waals surface area (Å²) in [5, 5.41) is 11.4. The number of pyridine rings is 1. The van der Waals surface area contributed by atoms with Gasteiger partial charge in [0.2, 0.25) is 0 Å². The van der Waals surface area contributed by atoms with Gasteiger partial charge >= 0.3 is 5.69 Å². The summed E-state index contributed by atoms with van der Waals surface area (Å²) < 4.78 is 5.86. The molecule has 0 saturated heterocycles. The van der Waals surface area contributed by atoms with Crippen molar-refractivity contribution < 1.29 is 9.66 Å². The Morgan fingerprint density at radius 1 is 1.33 bits per heavy atom. The van der Waals surface area contributed by atoms with E-state index < -0.39 is 4.92 Å². The van der Waals surface area contributed by atoms with Gasteiger partial charge in [0.1, 0.15) is 5.75 Å². The Hall–Kier alpha value is -1.66. The molecule has 18 heavy (non-hydrogen) atoms. The molecule has 0 N–H and O–H groups in total. The number of nitrogens with zero attached hydrogens (tertiary/aromatic N) is 2. The molecule has 0 aliphatic heterocycles. The Labute approximate surface area is 116 Å². The molecule has 0 atom stereocenters. The Balaban J connectivity index is 2.34. The summed E-state index contributed by atoms with van der Waals surface area (Å²) in [6.45, 7) is 0. The van der Waals surface area contributed by atoms with Crippen LogP contribution in [0.3, 0.4) is 0 Å². The molecule has 7 heteroatoms. The highest BCUT2D eigenvalue weighted by Gasteiger charge is 2.18. The third-order valence-electron chi connectivity index (χ3n) is 2.02. The van der Waals surface area contributed by atoms with Crippen molar-refractivity contribution >= 4 is 33.2 Å². The SMILES string of the molecule is O=[N+]([O-])c1cc(Br)cnc1Oc1ccc(Cl)cc1. The van der Waals surface area contributed by atoms with Crippen LogP contribution in [0.5, 0.6) is 11.6 Å². The van der Waals surface area contributed by atoms with Gasteiger partial charge in [0.25, 0.3) is 5.88 Å². The van der Waals surface area contributed by atoms with E-state index in [9.17, 15) is 10.1 Å². The zero-order valence-corrected chi connectivity index (χ0v) is 11.2. The van der Waals surface area contributed by atoms with Crippen LogP contribution >= 0.6 is 27.5 Å². The van der Waals surface area contributed by atoms with Gasteiger partial charge in [-0.2, -0.15) is 0 Å². The molecule has 0 aliphatic carbocycles. The minimum absolute atomic E-state index is 0.0643. The molecule has 1 aromatic carbocycles. The van der Waals surface area contributed by atoms with E-state index in [0.717, 1.165) is 0 Å². The van der Waals surface area contributed by atoms with E-state index >= 15 is 0 Å². The zero-order valence-electron chi connectivity index (χ0n) is 8.84. The fraction of sp³-hybridized carbons (Fsp3) is 0. The van der Waals surface area contributed by atoms with E-state index in [-0.39, 0.29) is 11.6 Å². The average Bonchev–Trinajstić information content (AvgIpc) is 2.34. The number of rotatable bonds is 3. The van der Waals surface area contributed by atoms with Crippen molar-refractivity contribution in [1.82, 2.24) is 4.98 Å². The van der Waals surface area contributed by atoms with E-state index in [1.165, 1.54) is 12.3 Å². The van der Waals surface area contributed by atoms with Crippen LogP contribution in [0, 0.1) is 10.1 Å². The van der Waals surface area contributed by atoms with Crippen LogP contribution in [0.2, 0.25) is 5.02 Å². The highest BCUT2D eigenvalue weighted by atomic mass is 79.9. The van der Waals surface area contributed by atoms with Crippen molar-refractivity contribution in [3.63, 3.8) is 0 Å². The summed E-state index contributed by atoms with van der Waals surface area (Å²) in [5.74, 6) is 0.364. The van der Waals surface area contributed by atoms with Gasteiger partial charge in [-0.25, -0.2) is 4.98 Å². The summed E-state index contributed by atoms with van der Waals surface area (Å²) >= 11 is 8.85. The molecular weight excluding hydrogens is 323 g/mol. The van der Waals surface area contributed by atoms with Gasteiger partial charge in [0, 0.05) is 21.8 Å². The summed E-state index contributed by atoms with van der Waals surface area (Å²) in [5.41, 5.74) is -0.209. The van der Waals surface area contributed by atoms with Crippen LogP contribution in [-0.4, -0.2) is 9.91 Å². The number of ether oxygens (including phenoxy) is 1. The number of halogens is 2. The summed E-state index contributed by atoms with van der Waals surface area (Å²) in [6.07, 6.45) is 1.43. The zero-order chi connectivity index (χ0) is 13.1. The molecule has 0 aliphatic rings. The number of aromatic nitrogens is 1. The number of nitro groups is 1. The summed E-state index contributed by atoms with van der Waals surface area (Å²) in [4.78, 5) is 14.2. The number of benzene rings is 1. The summed E-state index contributed by atoms with van der Waals surface area (Å²) in [7, 11) is 0. The van der Waals surface area contributed by atoms with Crippen molar-refractivity contribution in [1.29, 1.82) is 0 Å². The molecule has 1 aromatic heterocycles. The second-order valence-corrected chi connectivity index (χ2v) is 4.64. The van der Waals surface area contributed by atoms with Crippen molar-refractivity contribution in [3.05, 3.63) is 56.1 Å². The molecule has 0 fully saturated rings. The van der Waals surface area contributed by atoms with Crippen LogP contribution in [0.1, 0.15) is 0 Å². The van der Waals surface area contributed by atoms with Gasteiger partial charge in [-0.1, -0.05) is 11.6 Å². The molecule has 0 unspecified atom stereocenters. The smallest absolute Gasteiger partial charge is 0.332 e. The van der Waals surface area contributed by atoms with Gasteiger partial charge in [-0.05, 0) is 40.2 Å². The molecule has 1 heterocycles. The lowest BCUT2D eigenvalue weighted by Gasteiger charge is -2.05. The number of hydrogen-bond donors (Lipinski definition) is 0. The maximum Gasteiger partial charge on any atom is 0.332 e. The minimum atomic E-state index is -0.553. The van der Waals surface area contributed by atoms with Crippen LogP contribution in [0.15, 0.2) is 41.0 Å². The summed E-state index contributed by atoms with van der Waals surface area (Å²) in [6, 6.07) is 7.80. The first-order valence-electron chi connectivity index (χ1n) is 4.79. The molecule has 5 nitrogen and oxygen atoms in total. The Morgan fingerprint density at radius 3 is 2.61 bits per heavy atom. The maximum atomic E-state index is 10.9. The van der Waals surface area contributed by atoms with Gasteiger partial charge in [-0.3, -0.25) is 10.1 Å². The Bertz CT molecular complexity index is 589. The van der Waals surface area contributed by atoms with E-state index in [1.807, 2.05) is 0 Å². The first-order chi connectivity index (χ1) is 8.56. The molecule has 0 saturated carbocycles. The molecule has 2 aromatic rings. The van der Waals surface area contributed by atoms with Gasteiger partial charge in [-0.15, -0.1) is 0 Å². The van der Waals surface area contributed by atoms with Crippen LogP contribution in [-0.2, 0) is 0 Å². The molecular formula is C11H6BrClN2O3. The minimum Gasteiger partial charge on any atom is -0.434 e. The first-order valence-corrected chi connectivity index (χ1v) is 5.97. The lowest BCUT2D eigenvalue weighted by Crippen LogP contribution is -1.95. The first kappa shape index (κ1) is 12.8. The molecule has 92 valence electrons. The Morgan fingerprint density at radius 2 is 2.00 bits per heavy atom. The maximum absolute atomic E-state index is 10.9. The fourth-order valence-electron chi connectivity index (χ4n) is 1.24. The standard InChI is InChI=1S/C11H6BrClN2O3/c12-7-5-10(15(16)17)11(14-6-7)18-9-3-1-8(13)2-4-9/h1-6H. The molecule has 0 bridgehead atoms. The van der Waals surface area contributed by atoms with E-state index in [2.05, 4.69) is 20.9 Å². The lowest BCUT2D eigenvalue weighted by atomic mass is 10.3. The van der Waals surface area contributed by atoms with E-state index in [0.29, 0.717) is 15.2 Å². The average molecular weight is 330 g/mol. The largest absolute Gasteiger partial charge is 0.434 e. The van der Waals surface area contributed by atoms with Crippen molar-refractivity contribution in [2.24, 2.45) is 0 Å². The quantitative estimate of drug-likeness (QED) is 0.625. The van der Waals surface area contributed by atoms with Crippen LogP contribution in [0.4, 0.5) is 5.69 Å². The fourth-order valence-corrected chi connectivity index (χ4v) is 1.68. The second-order valence-electron chi connectivity index (χ2n) is 3.29. The van der Waals surface area contributed by atoms with Gasteiger partial charge < -0.3 is 4.74 Å². The highest BCUT2D eigenvalue weighted by Crippen LogP contribution is 2.31. The van der Waals surface area contributed by atoms with Gasteiger partial charge in [0.05, 0.1) is 4.92 Å². The number of hydrogen-bond acceptors (Lipinski definition) is 4. The van der Waals surface area contributed by atoms with Crippen LogP contribution < -0.4 is 4.74 Å². The monoisotopic (exact) mass is 328 g/mol. The second kappa shape index (κ2) is 5.32. The molecule has 0 amide bonds. The highest BCUT2D eigenvalue weighted by molar-refractivity contribution is 9.10. The predicted octanol–water partition coefficient (Wildman–Crippen LogP) is 4.20. The predicted molar refractivity (Wildman–Crippen MR) is 70.1 cm³/mol. The molecule has 0 spiro atoms. The third-order valence-corrected chi connectivity index (χ3v) is 2.71. The topological polar surface area (TPSA) is 65.3 Å². The van der Waals surface area contributed by atoms with E-state index in [4.69, 9.17) is 16.3 Å². The van der Waals surface area contributed by atoms with E-state index in [1.54, 1.807) is 24.3 Å². The lowest BCUT2D eigenvalue weighted by molar-refractivity contribution is -0.386. The van der Waals surface area contributed by atoms with Gasteiger partial charge in [0.15, 0.2) is 0 Å². The Kier molecular flexibility index (Phi) is 3.78.